The summed E-state index contributed by atoms with van der Waals surface area (Å²) >= 11 is 0. The van der Waals surface area contributed by atoms with Gasteiger partial charge in [0.2, 0.25) is 0 Å². The van der Waals surface area contributed by atoms with Gasteiger partial charge in [0.05, 0.1) is 30.0 Å². The van der Waals surface area contributed by atoms with E-state index in [0.29, 0.717) is 11.3 Å². The highest BCUT2D eigenvalue weighted by Crippen LogP contribution is 2.23. The van der Waals surface area contributed by atoms with Crippen LogP contribution in [0, 0.1) is 0 Å². The Balaban J connectivity index is 1.24. The molecule has 1 fully saturated rings. The minimum absolute atomic E-state index is 0.0156. The number of hydrogen-bond donors (Lipinski definition) is 1. The third-order valence-corrected chi connectivity index (χ3v) is 6.42. The van der Waals surface area contributed by atoms with Crippen molar-refractivity contribution in [3.63, 3.8) is 0 Å². The number of nitrogens with one attached hydrogen (secondary N) is 1. The van der Waals surface area contributed by atoms with Crippen molar-refractivity contribution in [2.24, 2.45) is 0 Å². The number of fused-ring (bicyclic) bond motifs is 2. The van der Waals surface area contributed by atoms with Crippen molar-refractivity contribution in [2.75, 3.05) is 38.1 Å². The zero-order valence-electron chi connectivity index (χ0n) is 19.3. The van der Waals surface area contributed by atoms with E-state index in [1.54, 1.807) is 30.9 Å². The molecule has 0 saturated carbocycles. The Bertz CT molecular complexity index is 1540. The van der Waals surface area contributed by atoms with Crippen LogP contribution >= 0.6 is 0 Å². The van der Waals surface area contributed by atoms with Gasteiger partial charge in [0.1, 0.15) is 11.3 Å². The fraction of sp³-hybridized carbons (Fsp3) is 0.231. The molecule has 6 heterocycles. The lowest BCUT2D eigenvalue weighted by atomic mass is 10.1. The molecular weight excluding hydrogens is 440 g/mol. The molecule has 0 unspecified atom stereocenters. The largest absolute Gasteiger partial charge is 0.354 e. The second-order valence-corrected chi connectivity index (χ2v) is 8.85. The summed E-state index contributed by atoms with van der Waals surface area (Å²) in [5, 5.41) is 0.904. The molecule has 9 heteroatoms. The summed E-state index contributed by atoms with van der Waals surface area (Å²) in [4.78, 5) is 43.3. The lowest BCUT2D eigenvalue weighted by molar-refractivity contribution is 0.0992. The summed E-state index contributed by atoms with van der Waals surface area (Å²) in [5.41, 5.74) is 5.26. The van der Waals surface area contributed by atoms with Crippen LogP contribution in [0.3, 0.4) is 0 Å². The first-order chi connectivity index (χ1) is 17.1. The predicted molar refractivity (Wildman–Crippen MR) is 134 cm³/mol. The Morgan fingerprint density at radius 2 is 1.80 bits per heavy atom. The van der Waals surface area contributed by atoms with Crippen LogP contribution in [0.5, 0.6) is 0 Å². The number of anilines is 1. The Hall–Kier alpha value is -4.24. The molecule has 0 bridgehead atoms. The van der Waals surface area contributed by atoms with Crippen LogP contribution in [0.15, 0.2) is 61.3 Å². The number of ketones is 1. The lowest BCUT2D eigenvalue weighted by Crippen LogP contribution is -2.44. The van der Waals surface area contributed by atoms with Gasteiger partial charge >= 0.3 is 0 Å². The smallest absolute Gasteiger partial charge is 0.169 e. The van der Waals surface area contributed by atoms with Crippen LogP contribution in [0.1, 0.15) is 16.1 Å². The van der Waals surface area contributed by atoms with Gasteiger partial charge in [0.15, 0.2) is 11.4 Å². The molecule has 35 heavy (non-hydrogen) atoms. The van der Waals surface area contributed by atoms with E-state index < -0.39 is 0 Å². The molecule has 0 spiro atoms. The fourth-order valence-electron chi connectivity index (χ4n) is 4.35. The highest BCUT2D eigenvalue weighted by Gasteiger charge is 2.17. The number of aromatic amines is 1. The van der Waals surface area contributed by atoms with Gasteiger partial charge in [-0.15, -0.1) is 0 Å². The molecule has 9 nitrogen and oxygen atoms in total. The third-order valence-electron chi connectivity index (χ3n) is 6.42. The monoisotopic (exact) mass is 464 g/mol. The second-order valence-electron chi connectivity index (χ2n) is 8.85. The second kappa shape index (κ2) is 8.84. The number of H-pyrrole nitrogens is 1. The summed E-state index contributed by atoms with van der Waals surface area (Å²) in [5.74, 6) is 0.867. The molecule has 1 N–H and O–H groups in total. The van der Waals surface area contributed by atoms with Gasteiger partial charge in [0, 0.05) is 67.0 Å². The number of carbonyl (C=O) groups excluding carboxylic acids is 1. The SMILES string of the molecule is CN1CCN(c2cc(C(=O)Cc3cc4cc(-c5cnc6cc[nH]c6n5)cnc4cn3)ccn2)CC1. The Morgan fingerprint density at radius 3 is 2.69 bits per heavy atom. The average Bonchev–Trinajstić information content (AvgIpc) is 3.37. The van der Waals surface area contributed by atoms with Gasteiger partial charge in [-0.05, 0) is 37.4 Å². The van der Waals surface area contributed by atoms with Gasteiger partial charge in [-0.3, -0.25) is 19.7 Å². The molecule has 0 aromatic carbocycles. The van der Waals surface area contributed by atoms with E-state index in [4.69, 9.17) is 0 Å². The summed E-state index contributed by atoms with van der Waals surface area (Å²) in [6, 6.07) is 9.49. The Labute approximate surface area is 201 Å². The molecule has 5 aromatic rings. The molecule has 0 aliphatic carbocycles. The highest BCUT2D eigenvalue weighted by molar-refractivity contribution is 5.98. The van der Waals surface area contributed by atoms with Gasteiger partial charge in [-0.2, -0.15) is 0 Å². The van der Waals surface area contributed by atoms with Gasteiger partial charge < -0.3 is 14.8 Å². The number of Topliss-reactive ketones (excluding diaryl/α,β-unsaturated/α-hetero) is 1. The first-order valence-electron chi connectivity index (χ1n) is 11.6. The van der Waals surface area contributed by atoms with Gasteiger partial charge in [-0.25, -0.2) is 9.97 Å². The van der Waals surface area contributed by atoms with E-state index in [9.17, 15) is 4.79 Å². The van der Waals surface area contributed by atoms with Crippen molar-refractivity contribution < 1.29 is 4.79 Å². The first-order valence-corrected chi connectivity index (χ1v) is 11.6. The summed E-state index contributed by atoms with van der Waals surface area (Å²) in [6.45, 7) is 3.79. The van der Waals surface area contributed by atoms with Crippen LogP contribution in [-0.4, -0.2) is 73.8 Å². The number of aromatic nitrogens is 6. The van der Waals surface area contributed by atoms with Crippen LogP contribution < -0.4 is 4.90 Å². The fourth-order valence-corrected chi connectivity index (χ4v) is 4.35. The van der Waals surface area contributed by atoms with Crippen molar-refractivity contribution in [1.29, 1.82) is 0 Å². The molecule has 5 aromatic heterocycles. The third kappa shape index (κ3) is 4.33. The quantitative estimate of drug-likeness (QED) is 0.396. The zero-order chi connectivity index (χ0) is 23.8. The number of hydrogen-bond acceptors (Lipinski definition) is 8. The van der Waals surface area contributed by atoms with Crippen LogP contribution in [0.25, 0.3) is 33.3 Å². The summed E-state index contributed by atoms with van der Waals surface area (Å²) in [7, 11) is 2.12. The summed E-state index contributed by atoms with van der Waals surface area (Å²) < 4.78 is 0. The molecular formula is C26H24N8O. The van der Waals surface area contributed by atoms with E-state index >= 15 is 0 Å². The number of piperazine rings is 1. The molecule has 1 saturated heterocycles. The molecule has 0 atom stereocenters. The van der Waals surface area contributed by atoms with E-state index in [2.05, 4.69) is 46.8 Å². The summed E-state index contributed by atoms with van der Waals surface area (Å²) in [6.07, 6.45) is 8.97. The molecule has 174 valence electrons. The number of likely N-dealkylation sites (N-methyl/N-ethyl adjacent to an activating group) is 1. The Kier molecular flexibility index (Phi) is 5.38. The van der Waals surface area contributed by atoms with Crippen molar-refractivity contribution in [3.05, 3.63) is 72.6 Å². The maximum absolute atomic E-state index is 13.1. The van der Waals surface area contributed by atoms with Crippen LogP contribution in [-0.2, 0) is 6.42 Å². The standard InChI is InChI=1S/C26H24N8O/c1-33-6-8-34(9-7-33)25-12-17(2-4-27-25)24(35)13-20-11-18-10-19(14-30-22(18)15-29-20)23-16-31-21-3-5-28-26(21)32-23/h2-5,10-12,14-16H,6-9,13H2,1H3,(H,28,32). The molecule has 0 amide bonds. The zero-order valence-corrected chi connectivity index (χ0v) is 19.3. The Morgan fingerprint density at radius 1 is 0.943 bits per heavy atom. The van der Waals surface area contributed by atoms with Crippen molar-refractivity contribution in [3.8, 4) is 11.3 Å². The van der Waals surface area contributed by atoms with E-state index in [-0.39, 0.29) is 12.2 Å². The van der Waals surface area contributed by atoms with Crippen molar-refractivity contribution in [1.82, 2.24) is 34.8 Å². The normalized spacial score (nSPS) is 14.6. The minimum atomic E-state index is 0.0156. The minimum Gasteiger partial charge on any atom is -0.354 e. The topological polar surface area (TPSA) is 104 Å². The maximum Gasteiger partial charge on any atom is 0.169 e. The molecule has 1 aliphatic rings. The molecule has 1 aliphatic heterocycles. The van der Waals surface area contributed by atoms with E-state index in [1.165, 1.54) is 0 Å². The van der Waals surface area contributed by atoms with Crippen molar-refractivity contribution >= 4 is 33.7 Å². The van der Waals surface area contributed by atoms with Crippen LogP contribution in [0.2, 0.25) is 0 Å². The van der Waals surface area contributed by atoms with Gasteiger partial charge in [-0.1, -0.05) is 0 Å². The maximum atomic E-state index is 13.1. The number of pyridine rings is 3. The number of rotatable bonds is 5. The molecule has 6 rings (SSSR count). The van der Waals surface area contributed by atoms with Crippen molar-refractivity contribution in [2.45, 2.75) is 6.42 Å². The molecule has 0 radical (unpaired) electrons. The van der Waals surface area contributed by atoms with E-state index in [1.807, 2.05) is 30.5 Å². The highest BCUT2D eigenvalue weighted by atomic mass is 16.1. The average molecular weight is 465 g/mol. The van der Waals surface area contributed by atoms with Crippen LogP contribution in [0.4, 0.5) is 5.82 Å². The first kappa shape index (κ1) is 21.3. The van der Waals surface area contributed by atoms with E-state index in [0.717, 1.165) is 65.3 Å². The number of carbonyl (C=O) groups is 1. The number of nitrogens with zero attached hydrogens (tertiary/aromatic N) is 7. The van der Waals surface area contributed by atoms with Gasteiger partial charge in [0.25, 0.3) is 0 Å². The lowest BCUT2D eigenvalue weighted by Gasteiger charge is -2.33. The predicted octanol–water partition coefficient (Wildman–Crippen LogP) is 3.14.